The summed E-state index contributed by atoms with van der Waals surface area (Å²) in [5.41, 5.74) is -0.813. The monoisotopic (exact) mass is 493 g/mol. The Morgan fingerprint density at radius 2 is 1.81 bits per heavy atom. The molecule has 2 atom stereocenters. The normalized spacial score (nSPS) is 21.3. The second-order valence-corrected chi connectivity index (χ2v) is 8.95. The number of nitrogens with zero attached hydrogens (tertiary/aromatic N) is 3. The molecule has 8 nitrogen and oxygen atoms in total. The maximum Gasteiger partial charge on any atom is 0.237 e. The number of halogens is 2. The number of rotatable bonds is 7. The van der Waals surface area contributed by atoms with E-state index in [2.05, 4.69) is 20.8 Å². The Morgan fingerprint density at radius 3 is 2.42 bits per heavy atom. The molecule has 0 unspecified atom stereocenters. The third kappa shape index (κ3) is 4.82. The number of hydrogen-bond acceptors (Lipinski definition) is 7. The lowest BCUT2D eigenvalue weighted by Crippen LogP contribution is -2.46. The van der Waals surface area contributed by atoms with Crippen LogP contribution in [0.15, 0.2) is 60.8 Å². The third-order valence-electron chi connectivity index (χ3n) is 6.48. The number of carbonyl (C=O) groups is 2. The van der Waals surface area contributed by atoms with Crippen molar-refractivity contribution in [1.29, 1.82) is 0 Å². The van der Waals surface area contributed by atoms with E-state index in [1.165, 1.54) is 11.1 Å². The van der Waals surface area contributed by atoms with Crippen LogP contribution in [0.5, 0.6) is 5.75 Å². The molecular formula is C26H25F2N5O3. The molecule has 2 saturated heterocycles. The SMILES string of the molecule is O=C([C@H]1CCNC1)N(c1ccc(O[C@@]2(C(=O)c3cc(F)cc(F)c3)CCNC2)cc1)c1cccnn1. The molecular weight excluding hydrogens is 468 g/mol. The van der Waals surface area contributed by atoms with E-state index in [0.717, 1.165) is 31.2 Å². The number of carbonyl (C=O) groups excluding carboxylic acids is 2. The summed E-state index contributed by atoms with van der Waals surface area (Å²) >= 11 is 0. The van der Waals surface area contributed by atoms with E-state index in [0.29, 0.717) is 36.8 Å². The molecule has 0 saturated carbocycles. The van der Waals surface area contributed by atoms with E-state index >= 15 is 0 Å². The predicted molar refractivity (Wildman–Crippen MR) is 128 cm³/mol. The number of aromatic nitrogens is 2. The topological polar surface area (TPSA) is 96.5 Å². The van der Waals surface area contributed by atoms with Gasteiger partial charge >= 0.3 is 0 Å². The van der Waals surface area contributed by atoms with Gasteiger partial charge in [-0.25, -0.2) is 8.78 Å². The Balaban J connectivity index is 1.42. The lowest BCUT2D eigenvalue weighted by atomic mass is 9.91. The number of nitrogens with one attached hydrogen (secondary N) is 2. The molecule has 10 heteroatoms. The van der Waals surface area contributed by atoms with Gasteiger partial charge < -0.3 is 15.4 Å². The predicted octanol–water partition coefficient (Wildman–Crippen LogP) is 3.02. The second kappa shape index (κ2) is 10.1. The Bertz CT molecular complexity index is 1220. The Hall–Kier alpha value is -3.76. The van der Waals surface area contributed by atoms with Crippen LogP contribution >= 0.6 is 0 Å². The van der Waals surface area contributed by atoms with Crippen molar-refractivity contribution >= 4 is 23.2 Å². The molecule has 0 radical (unpaired) electrons. The first kappa shape index (κ1) is 24.0. The number of ketones is 1. The minimum Gasteiger partial charge on any atom is -0.478 e. The van der Waals surface area contributed by atoms with Crippen LogP contribution in [0.1, 0.15) is 23.2 Å². The number of benzene rings is 2. The number of Topliss-reactive ketones (excluding diaryl/α,β-unsaturated/α-hetero) is 1. The van der Waals surface area contributed by atoms with Crippen LogP contribution in [-0.4, -0.2) is 53.7 Å². The molecule has 2 aliphatic rings. The zero-order valence-electron chi connectivity index (χ0n) is 19.4. The molecule has 0 spiro atoms. The van der Waals surface area contributed by atoms with Crippen LogP contribution in [0.2, 0.25) is 0 Å². The summed E-state index contributed by atoms with van der Waals surface area (Å²) in [6, 6.07) is 12.9. The van der Waals surface area contributed by atoms with E-state index in [4.69, 9.17) is 4.74 Å². The van der Waals surface area contributed by atoms with E-state index in [-0.39, 0.29) is 23.9 Å². The number of ether oxygens (including phenoxy) is 1. The first-order valence-corrected chi connectivity index (χ1v) is 11.8. The van der Waals surface area contributed by atoms with Crippen molar-refractivity contribution in [2.45, 2.75) is 18.4 Å². The highest BCUT2D eigenvalue weighted by Gasteiger charge is 2.44. The molecule has 3 aromatic rings. The van der Waals surface area contributed by atoms with Crippen molar-refractivity contribution in [2.75, 3.05) is 31.1 Å². The van der Waals surface area contributed by atoms with Crippen LogP contribution in [0, 0.1) is 17.6 Å². The van der Waals surface area contributed by atoms with Gasteiger partial charge in [-0.3, -0.25) is 14.5 Å². The third-order valence-corrected chi connectivity index (χ3v) is 6.48. The van der Waals surface area contributed by atoms with Gasteiger partial charge in [0.25, 0.3) is 0 Å². The average Bonchev–Trinajstić information content (AvgIpc) is 3.58. The highest BCUT2D eigenvalue weighted by Crippen LogP contribution is 2.32. The maximum absolute atomic E-state index is 13.8. The minimum absolute atomic E-state index is 0.0857. The molecule has 2 aromatic carbocycles. The van der Waals surface area contributed by atoms with Crippen LogP contribution in [-0.2, 0) is 4.79 Å². The Kier molecular flexibility index (Phi) is 6.71. The first-order chi connectivity index (χ1) is 17.4. The molecule has 2 fully saturated rings. The molecule has 0 aliphatic carbocycles. The smallest absolute Gasteiger partial charge is 0.237 e. The number of amides is 1. The average molecular weight is 494 g/mol. The standard InChI is InChI=1S/C26H25F2N5O3/c27-19-12-18(13-20(28)14-19)24(34)26(8-11-30-16-26)36-22-5-3-21(4-6-22)33(23-2-1-9-31-32-23)25(35)17-7-10-29-15-17/h1-6,9,12-14,17,29-30H,7-8,10-11,15-16H2/t17-,26-/m0/s1. The van der Waals surface area contributed by atoms with Crippen LogP contribution in [0.25, 0.3) is 0 Å². The lowest BCUT2D eigenvalue weighted by Gasteiger charge is -2.29. The van der Waals surface area contributed by atoms with Gasteiger partial charge in [-0.1, -0.05) is 0 Å². The van der Waals surface area contributed by atoms with Gasteiger partial charge in [0.2, 0.25) is 11.7 Å². The fourth-order valence-corrected chi connectivity index (χ4v) is 4.67. The summed E-state index contributed by atoms with van der Waals surface area (Å²) in [7, 11) is 0. The molecule has 1 aromatic heterocycles. The van der Waals surface area contributed by atoms with Crippen LogP contribution in [0.4, 0.5) is 20.3 Å². The van der Waals surface area contributed by atoms with Gasteiger partial charge in [0.1, 0.15) is 17.4 Å². The van der Waals surface area contributed by atoms with Crippen molar-refractivity contribution < 1.29 is 23.1 Å². The molecule has 2 N–H and O–H groups in total. The van der Waals surface area contributed by atoms with Crippen molar-refractivity contribution in [2.24, 2.45) is 5.92 Å². The van der Waals surface area contributed by atoms with E-state index < -0.39 is 23.0 Å². The molecule has 1 amide bonds. The molecule has 36 heavy (non-hydrogen) atoms. The van der Waals surface area contributed by atoms with Crippen LogP contribution in [0.3, 0.4) is 0 Å². The van der Waals surface area contributed by atoms with Gasteiger partial charge in [0.15, 0.2) is 11.4 Å². The highest BCUT2D eigenvalue weighted by atomic mass is 19.1. The fraction of sp³-hybridized carbons (Fsp3) is 0.308. The van der Waals surface area contributed by atoms with Gasteiger partial charge in [-0.05, 0) is 68.0 Å². The quantitative estimate of drug-likeness (QED) is 0.489. The van der Waals surface area contributed by atoms with E-state index in [1.807, 2.05) is 0 Å². The zero-order valence-corrected chi connectivity index (χ0v) is 19.4. The summed E-state index contributed by atoms with van der Waals surface area (Å²) in [4.78, 5) is 28.2. The van der Waals surface area contributed by atoms with Gasteiger partial charge in [-0.2, -0.15) is 5.10 Å². The highest BCUT2D eigenvalue weighted by molar-refractivity contribution is 6.03. The van der Waals surface area contributed by atoms with Crippen molar-refractivity contribution in [1.82, 2.24) is 20.8 Å². The molecule has 2 aliphatic heterocycles. The number of anilines is 2. The summed E-state index contributed by atoms with van der Waals surface area (Å²) in [5, 5.41) is 14.3. The fourth-order valence-electron chi connectivity index (χ4n) is 4.67. The van der Waals surface area contributed by atoms with Gasteiger partial charge in [0.05, 0.1) is 11.6 Å². The summed E-state index contributed by atoms with van der Waals surface area (Å²) in [5.74, 6) is -1.62. The van der Waals surface area contributed by atoms with Gasteiger partial charge in [-0.15, -0.1) is 5.10 Å². The summed E-state index contributed by atoms with van der Waals surface area (Å²) in [6.07, 6.45) is 2.61. The zero-order chi connectivity index (χ0) is 25.1. The van der Waals surface area contributed by atoms with Crippen molar-refractivity contribution in [3.05, 3.63) is 78.0 Å². The Labute approximate surface area is 206 Å². The van der Waals surface area contributed by atoms with E-state index in [1.54, 1.807) is 36.4 Å². The summed E-state index contributed by atoms with van der Waals surface area (Å²) in [6.45, 7) is 2.09. The molecule has 186 valence electrons. The minimum atomic E-state index is -1.31. The van der Waals surface area contributed by atoms with Gasteiger partial charge in [0, 0.05) is 37.3 Å². The maximum atomic E-state index is 13.8. The largest absolute Gasteiger partial charge is 0.478 e. The van der Waals surface area contributed by atoms with Crippen molar-refractivity contribution in [3.63, 3.8) is 0 Å². The Morgan fingerprint density at radius 1 is 1.03 bits per heavy atom. The van der Waals surface area contributed by atoms with E-state index in [9.17, 15) is 18.4 Å². The number of hydrogen-bond donors (Lipinski definition) is 2. The summed E-state index contributed by atoms with van der Waals surface area (Å²) < 4.78 is 33.7. The first-order valence-electron chi connectivity index (χ1n) is 11.8. The molecule has 5 rings (SSSR count). The van der Waals surface area contributed by atoms with Crippen LogP contribution < -0.4 is 20.3 Å². The van der Waals surface area contributed by atoms with Crippen molar-refractivity contribution in [3.8, 4) is 5.75 Å². The molecule has 3 heterocycles. The second-order valence-electron chi connectivity index (χ2n) is 8.95. The lowest BCUT2D eigenvalue weighted by molar-refractivity contribution is -0.121. The molecule has 0 bridgehead atoms.